The van der Waals surface area contributed by atoms with Gasteiger partial charge in [-0.1, -0.05) is 23.2 Å². The van der Waals surface area contributed by atoms with Crippen LogP contribution in [-0.2, 0) is 26.6 Å². The van der Waals surface area contributed by atoms with Gasteiger partial charge in [0.15, 0.2) is 0 Å². The standard InChI is InChI=1S/C24H23Cl2N3O6S/c1-24(2,3)35-18(30)11-29(36(33,34)15-7-12(25)6-13(26)8-15)14-9-16-19-17(10-14)28(5)21(20(19)27-4)23(32)22(16)31/h6-10,27H,11H2,1-5H3. The molecule has 9 nitrogen and oxygen atoms in total. The second-order valence-corrected chi connectivity index (χ2v) is 12.0. The van der Waals surface area contributed by atoms with E-state index in [-0.39, 0.29) is 31.9 Å². The molecule has 0 spiro atoms. The number of hydrogen-bond donors (Lipinski definition) is 1. The highest BCUT2D eigenvalue weighted by Crippen LogP contribution is 2.41. The third-order valence-electron chi connectivity index (χ3n) is 5.61. The molecule has 190 valence electrons. The average Bonchev–Trinajstić information content (AvgIpc) is 3.03. The molecule has 2 bridgehead atoms. The molecule has 0 radical (unpaired) electrons. The van der Waals surface area contributed by atoms with Gasteiger partial charge in [-0.15, -0.1) is 0 Å². The zero-order valence-corrected chi connectivity index (χ0v) is 22.4. The first-order valence-corrected chi connectivity index (χ1v) is 13.0. The van der Waals surface area contributed by atoms with E-state index in [1.165, 1.54) is 34.9 Å². The number of sulfonamides is 1. The third kappa shape index (κ3) is 4.33. The molecular formula is C24H23Cl2N3O6S. The summed E-state index contributed by atoms with van der Waals surface area (Å²) in [4.78, 5) is 38.3. The molecule has 1 heterocycles. The molecule has 0 saturated carbocycles. The predicted molar refractivity (Wildman–Crippen MR) is 138 cm³/mol. The van der Waals surface area contributed by atoms with Crippen molar-refractivity contribution in [3.8, 4) is 0 Å². The summed E-state index contributed by atoms with van der Waals surface area (Å²) in [6.45, 7) is 4.26. The fourth-order valence-electron chi connectivity index (χ4n) is 4.22. The van der Waals surface area contributed by atoms with Crippen molar-refractivity contribution in [2.75, 3.05) is 23.2 Å². The Balaban J connectivity index is 1.96. The maximum Gasteiger partial charge on any atom is 0.327 e. The number of aryl methyl sites for hydroxylation is 1. The minimum atomic E-state index is -4.43. The molecule has 0 aliphatic heterocycles. The fourth-order valence-corrected chi connectivity index (χ4v) is 6.34. The topological polar surface area (TPSA) is 115 Å². The number of rotatable bonds is 6. The van der Waals surface area contributed by atoms with Crippen LogP contribution >= 0.6 is 23.2 Å². The number of carbonyl (C=O) groups excluding carboxylic acids is 3. The monoisotopic (exact) mass is 551 g/mol. The summed E-state index contributed by atoms with van der Waals surface area (Å²) in [7, 11) is -1.20. The lowest BCUT2D eigenvalue weighted by Crippen LogP contribution is -2.39. The van der Waals surface area contributed by atoms with E-state index < -0.39 is 39.7 Å². The van der Waals surface area contributed by atoms with Crippen molar-refractivity contribution in [3.63, 3.8) is 0 Å². The molecule has 1 aliphatic carbocycles. The van der Waals surface area contributed by atoms with Gasteiger partial charge < -0.3 is 14.6 Å². The quantitative estimate of drug-likeness (QED) is 0.355. The zero-order chi connectivity index (χ0) is 26.7. The summed E-state index contributed by atoms with van der Waals surface area (Å²) in [5.41, 5.74) is 0.235. The summed E-state index contributed by atoms with van der Waals surface area (Å²) >= 11 is 12.1. The van der Waals surface area contributed by atoms with E-state index in [9.17, 15) is 22.8 Å². The fraction of sp³-hybridized carbons (Fsp3) is 0.292. The van der Waals surface area contributed by atoms with Gasteiger partial charge in [-0.05, 0) is 51.1 Å². The molecule has 0 saturated heterocycles. The number of carbonyl (C=O) groups is 3. The molecular weight excluding hydrogens is 529 g/mol. The lowest BCUT2D eigenvalue weighted by molar-refractivity contribution is -0.152. The zero-order valence-electron chi connectivity index (χ0n) is 20.1. The van der Waals surface area contributed by atoms with Crippen molar-refractivity contribution in [2.24, 2.45) is 7.05 Å². The average molecular weight is 552 g/mol. The van der Waals surface area contributed by atoms with Crippen molar-refractivity contribution >= 4 is 73.0 Å². The number of aromatic nitrogens is 1. The Morgan fingerprint density at radius 3 is 2.22 bits per heavy atom. The Bertz CT molecular complexity index is 1550. The number of benzene rings is 2. The van der Waals surface area contributed by atoms with Crippen LogP contribution in [-0.4, -0.2) is 49.7 Å². The number of ketones is 2. The maximum atomic E-state index is 13.8. The number of nitrogens with zero attached hydrogens (tertiary/aromatic N) is 2. The first-order chi connectivity index (χ1) is 16.7. The van der Waals surface area contributed by atoms with Crippen LogP contribution in [0.15, 0.2) is 35.2 Å². The van der Waals surface area contributed by atoms with Crippen molar-refractivity contribution in [3.05, 3.63) is 51.6 Å². The number of esters is 1. The van der Waals surface area contributed by atoms with Crippen LogP contribution in [0.2, 0.25) is 10.0 Å². The van der Waals surface area contributed by atoms with Gasteiger partial charge in [0.1, 0.15) is 17.8 Å². The molecule has 1 aromatic heterocycles. The van der Waals surface area contributed by atoms with E-state index >= 15 is 0 Å². The van der Waals surface area contributed by atoms with E-state index in [2.05, 4.69) is 5.32 Å². The number of nitrogens with one attached hydrogen (secondary N) is 1. The molecule has 2 aromatic carbocycles. The van der Waals surface area contributed by atoms with Gasteiger partial charge in [-0.3, -0.25) is 18.7 Å². The van der Waals surface area contributed by atoms with Crippen LogP contribution in [0.4, 0.5) is 11.4 Å². The van der Waals surface area contributed by atoms with Crippen LogP contribution in [0.3, 0.4) is 0 Å². The first kappa shape index (κ1) is 26.0. The molecule has 12 heteroatoms. The molecule has 0 fully saturated rings. The number of fused-ring (bicyclic) bond motifs is 1. The SMILES string of the molecule is CNc1c2n(C)c3cc(N(CC(=O)OC(C)(C)C)S(=O)(=O)c4cc(Cl)cc(Cl)c4)cc(c13)C(=O)C2=O. The number of Topliss-reactive ketones (excluding diaryl/α,β-unsaturated/α-hetero) is 2. The van der Waals surface area contributed by atoms with Crippen LogP contribution in [0.25, 0.3) is 10.9 Å². The van der Waals surface area contributed by atoms with Gasteiger partial charge in [0, 0.05) is 35.1 Å². The minimum Gasteiger partial charge on any atom is -0.459 e. The predicted octanol–water partition coefficient (Wildman–Crippen LogP) is 4.44. The molecule has 0 amide bonds. The van der Waals surface area contributed by atoms with E-state index in [0.717, 1.165) is 4.31 Å². The van der Waals surface area contributed by atoms with Gasteiger partial charge in [0.2, 0.25) is 5.78 Å². The molecule has 3 aromatic rings. The van der Waals surface area contributed by atoms with Crippen molar-refractivity contribution < 1.29 is 27.5 Å². The van der Waals surface area contributed by atoms with Crippen molar-refractivity contribution in [2.45, 2.75) is 31.3 Å². The van der Waals surface area contributed by atoms with Gasteiger partial charge >= 0.3 is 5.97 Å². The third-order valence-corrected chi connectivity index (χ3v) is 7.79. The highest BCUT2D eigenvalue weighted by Gasteiger charge is 2.37. The number of ether oxygens (including phenoxy) is 1. The van der Waals surface area contributed by atoms with Gasteiger partial charge in [-0.2, -0.15) is 0 Å². The highest BCUT2D eigenvalue weighted by molar-refractivity contribution is 7.92. The molecule has 0 unspecified atom stereocenters. The molecule has 1 aliphatic rings. The largest absolute Gasteiger partial charge is 0.459 e. The molecule has 4 rings (SSSR count). The minimum absolute atomic E-state index is 0.00249. The number of halogens is 2. The van der Waals surface area contributed by atoms with Gasteiger partial charge in [-0.25, -0.2) is 8.42 Å². The number of hydrogen-bond acceptors (Lipinski definition) is 7. The van der Waals surface area contributed by atoms with E-state index in [4.69, 9.17) is 27.9 Å². The summed E-state index contributed by atoms with van der Waals surface area (Å²) in [5, 5.41) is 3.60. The summed E-state index contributed by atoms with van der Waals surface area (Å²) in [6.07, 6.45) is 0. The number of anilines is 2. The molecule has 0 atom stereocenters. The van der Waals surface area contributed by atoms with Gasteiger partial charge in [0.25, 0.3) is 15.8 Å². The Hall–Kier alpha value is -3.08. The Labute approximate surface area is 218 Å². The highest BCUT2D eigenvalue weighted by atomic mass is 35.5. The van der Waals surface area contributed by atoms with Crippen LogP contribution < -0.4 is 9.62 Å². The van der Waals surface area contributed by atoms with Crippen LogP contribution in [0.1, 0.15) is 41.6 Å². The second kappa shape index (κ2) is 8.79. The van der Waals surface area contributed by atoms with E-state index in [0.29, 0.717) is 16.6 Å². The Morgan fingerprint density at radius 2 is 1.67 bits per heavy atom. The summed E-state index contributed by atoms with van der Waals surface area (Å²) in [6, 6.07) is 6.58. The Kier molecular flexibility index (Phi) is 6.35. The second-order valence-electron chi connectivity index (χ2n) is 9.28. The van der Waals surface area contributed by atoms with E-state index in [1.807, 2.05) is 0 Å². The van der Waals surface area contributed by atoms with Crippen LogP contribution in [0.5, 0.6) is 0 Å². The van der Waals surface area contributed by atoms with Gasteiger partial charge in [0.05, 0.1) is 21.8 Å². The smallest absolute Gasteiger partial charge is 0.327 e. The summed E-state index contributed by atoms with van der Waals surface area (Å²) in [5.74, 6) is -2.31. The molecule has 1 N–H and O–H groups in total. The maximum absolute atomic E-state index is 13.8. The lowest BCUT2D eigenvalue weighted by Gasteiger charge is -2.27. The Morgan fingerprint density at radius 1 is 1.06 bits per heavy atom. The normalized spacial score (nSPS) is 13.4. The summed E-state index contributed by atoms with van der Waals surface area (Å²) < 4.78 is 35.3. The van der Waals surface area contributed by atoms with Crippen molar-refractivity contribution in [1.82, 2.24) is 4.57 Å². The first-order valence-electron chi connectivity index (χ1n) is 10.8. The van der Waals surface area contributed by atoms with E-state index in [1.54, 1.807) is 34.9 Å². The van der Waals surface area contributed by atoms with Crippen LogP contribution in [0, 0.1) is 0 Å². The molecule has 36 heavy (non-hydrogen) atoms. The van der Waals surface area contributed by atoms with Crippen molar-refractivity contribution in [1.29, 1.82) is 0 Å². The lowest BCUT2D eigenvalue weighted by atomic mass is 9.95.